The van der Waals surface area contributed by atoms with E-state index < -0.39 is 55.4 Å². The van der Waals surface area contributed by atoms with Crippen LogP contribution in [-0.2, 0) is 22.5 Å². The lowest BCUT2D eigenvalue weighted by Crippen LogP contribution is -2.77. The zero-order chi connectivity index (χ0) is 25.3. The van der Waals surface area contributed by atoms with Crippen LogP contribution >= 0.6 is 0 Å². The summed E-state index contributed by atoms with van der Waals surface area (Å²) < 4.78 is 27.7. The number of carbonyl (C=O) groups is 1. The van der Waals surface area contributed by atoms with Crippen LogP contribution in [0.4, 0.5) is 0 Å². The highest BCUT2D eigenvalue weighted by Crippen LogP contribution is 2.48. The minimum Gasteiger partial charge on any atom is -0.390 e. The minimum atomic E-state index is -2.31. The van der Waals surface area contributed by atoms with Crippen LogP contribution in [-0.4, -0.2) is 67.9 Å². The quantitative estimate of drug-likeness (QED) is 0.130. The minimum absolute atomic E-state index is 0.0530. The molecule has 0 aromatic rings. The first-order valence-electron chi connectivity index (χ1n) is 11.4. The summed E-state index contributed by atoms with van der Waals surface area (Å²) in [5, 5.41) is 2.91. The van der Waals surface area contributed by atoms with Crippen LogP contribution in [0.2, 0.25) is 71.5 Å². The van der Waals surface area contributed by atoms with Crippen molar-refractivity contribution in [3.63, 3.8) is 0 Å². The zero-order valence-corrected chi connectivity index (χ0v) is 27.5. The van der Waals surface area contributed by atoms with Crippen molar-refractivity contribution in [2.75, 3.05) is 6.54 Å². The first-order valence-corrected chi connectivity index (χ1v) is 24.3. The maximum absolute atomic E-state index is 11.6. The van der Waals surface area contributed by atoms with Gasteiger partial charge in [0, 0.05) is 12.5 Å². The van der Waals surface area contributed by atoms with E-state index in [9.17, 15) is 4.79 Å². The average Bonchev–Trinajstić information content (AvgIpc) is 2.61. The molecule has 0 aliphatic carbocycles. The molecule has 0 bridgehead atoms. The third-order valence-corrected chi connectivity index (χ3v) is 12.1. The predicted octanol–water partition coefficient (Wildman–Crippen LogP) is 5.05. The molecular weight excluding hydrogens is 487 g/mol. The standard InChI is InChI=1S/C21H47NO5Si5/c1-14-19(23)22-16-15-17-32(12,13)21(26-30(8)9,27-31(10)11)20(18(2)3,24-28(4)5)25-29(6)7/h14,18H,1,15-17H2,2-13H3,(H,22,23). The van der Waals surface area contributed by atoms with E-state index in [2.05, 4.69) is 91.2 Å². The average molecular weight is 534 g/mol. The summed E-state index contributed by atoms with van der Waals surface area (Å²) in [5.41, 5.74) is -0.921. The van der Waals surface area contributed by atoms with E-state index in [1.54, 1.807) is 0 Å². The molecule has 0 fully saturated rings. The van der Waals surface area contributed by atoms with Gasteiger partial charge in [-0.1, -0.05) is 39.6 Å². The second kappa shape index (κ2) is 13.9. The van der Waals surface area contributed by atoms with E-state index >= 15 is 0 Å². The molecule has 0 aliphatic heterocycles. The number of carbonyl (C=O) groups excluding carboxylic acids is 1. The zero-order valence-electron chi connectivity index (χ0n) is 22.5. The fourth-order valence-corrected chi connectivity index (χ4v) is 13.9. The highest BCUT2D eigenvalue weighted by Gasteiger charge is 2.66. The highest BCUT2D eigenvalue weighted by molar-refractivity contribution is 6.81. The van der Waals surface area contributed by atoms with E-state index in [0.717, 1.165) is 12.5 Å². The summed E-state index contributed by atoms with van der Waals surface area (Å²) in [6.45, 7) is 30.4. The second-order valence-corrected chi connectivity index (χ2v) is 23.0. The van der Waals surface area contributed by atoms with Gasteiger partial charge in [0.15, 0.2) is 5.41 Å². The first-order chi connectivity index (χ1) is 14.6. The molecule has 0 heterocycles. The van der Waals surface area contributed by atoms with Gasteiger partial charge in [0.25, 0.3) is 0 Å². The van der Waals surface area contributed by atoms with E-state index in [1.807, 2.05) is 0 Å². The van der Waals surface area contributed by atoms with Gasteiger partial charge in [0.1, 0.15) is 8.07 Å². The van der Waals surface area contributed by atoms with Crippen LogP contribution < -0.4 is 5.32 Å². The van der Waals surface area contributed by atoms with Gasteiger partial charge in [-0.25, -0.2) is 0 Å². The van der Waals surface area contributed by atoms with Crippen molar-refractivity contribution in [2.45, 2.75) is 103 Å². The molecule has 6 nitrogen and oxygen atoms in total. The van der Waals surface area contributed by atoms with Crippen LogP contribution in [0.3, 0.4) is 0 Å². The molecule has 0 aromatic heterocycles. The van der Waals surface area contributed by atoms with Crippen LogP contribution in [0, 0.1) is 5.92 Å². The molecule has 0 aliphatic rings. The third-order valence-electron chi connectivity index (χ3n) is 4.98. The van der Waals surface area contributed by atoms with Crippen molar-refractivity contribution >= 4 is 50.1 Å². The molecule has 0 aromatic carbocycles. The van der Waals surface area contributed by atoms with Gasteiger partial charge in [-0.15, -0.1) is 0 Å². The van der Waals surface area contributed by atoms with Crippen LogP contribution in [0.15, 0.2) is 12.7 Å². The lowest BCUT2D eigenvalue weighted by molar-refractivity contribution is -0.297. The molecule has 0 rings (SSSR count). The summed E-state index contributed by atoms with van der Waals surface area (Å²) in [6, 6.07) is 0.918. The fraction of sp³-hybridized carbons (Fsp3) is 0.857. The number of nitrogens with one attached hydrogen (secondary N) is 1. The summed E-state index contributed by atoms with van der Waals surface area (Å²) in [7, 11) is -6.85. The van der Waals surface area contributed by atoms with Crippen molar-refractivity contribution in [1.29, 1.82) is 0 Å². The van der Waals surface area contributed by atoms with Crippen LogP contribution in [0.5, 0.6) is 0 Å². The Hall–Kier alpha value is 0.134. The van der Waals surface area contributed by atoms with E-state index in [-0.39, 0.29) is 11.8 Å². The maximum Gasteiger partial charge on any atom is 0.243 e. The Morgan fingerprint density at radius 3 is 1.62 bits per heavy atom. The molecule has 186 valence electrons. The predicted molar refractivity (Wildman–Crippen MR) is 145 cm³/mol. The smallest absolute Gasteiger partial charge is 0.243 e. The monoisotopic (exact) mass is 533 g/mol. The molecule has 1 amide bonds. The SMILES string of the molecule is C=CC(=O)NCCC[Si](C)(C)C(O[Si](C)C)(O[Si](C)C)C(O[Si](C)C)(O[Si](C)C)C(C)C. The Labute approximate surface area is 205 Å². The largest absolute Gasteiger partial charge is 0.390 e. The topological polar surface area (TPSA) is 66.0 Å². The van der Waals surface area contributed by atoms with Crippen molar-refractivity contribution in [3.8, 4) is 0 Å². The number of hydrogen-bond acceptors (Lipinski definition) is 5. The molecule has 0 atom stereocenters. The Bertz CT molecular complexity index is 565. The summed E-state index contributed by atoms with van der Waals surface area (Å²) in [6.07, 6.45) is 2.16. The second-order valence-electron chi connectivity index (χ2n) is 9.96. The number of amides is 1. The molecule has 0 saturated carbocycles. The molecule has 0 saturated heterocycles. The Kier molecular flexibility index (Phi) is 13.9. The molecule has 0 spiro atoms. The molecule has 4 radical (unpaired) electrons. The lowest BCUT2D eigenvalue weighted by Gasteiger charge is -2.60. The Morgan fingerprint density at radius 1 is 0.906 bits per heavy atom. The Balaban J connectivity index is 6.69. The third kappa shape index (κ3) is 8.73. The molecular formula is C21H47NO5Si5. The van der Waals surface area contributed by atoms with Gasteiger partial charge >= 0.3 is 0 Å². The van der Waals surface area contributed by atoms with E-state index in [1.165, 1.54) is 6.08 Å². The normalized spacial score (nSPS) is 13.7. The summed E-state index contributed by atoms with van der Waals surface area (Å²) in [4.78, 5) is 11.6. The Morgan fingerprint density at radius 2 is 1.31 bits per heavy atom. The number of rotatable bonds is 16. The number of hydrogen-bond donors (Lipinski definition) is 1. The van der Waals surface area contributed by atoms with Crippen LogP contribution in [0.1, 0.15) is 20.3 Å². The van der Waals surface area contributed by atoms with E-state index in [0.29, 0.717) is 6.54 Å². The van der Waals surface area contributed by atoms with Gasteiger partial charge in [0.05, 0.1) is 0 Å². The van der Waals surface area contributed by atoms with E-state index in [4.69, 9.17) is 17.7 Å². The van der Waals surface area contributed by atoms with Gasteiger partial charge in [0.2, 0.25) is 47.9 Å². The molecule has 32 heavy (non-hydrogen) atoms. The molecule has 11 heteroatoms. The maximum atomic E-state index is 11.6. The first kappa shape index (κ1) is 32.1. The van der Waals surface area contributed by atoms with Gasteiger partial charge in [-0.2, -0.15) is 0 Å². The summed E-state index contributed by atoms with van der Waals surface area (Å²) in [5.74, 6) is -1.04. The van der Waals surface area contributed by atoms with Crippen molar-refractivity contribution in [2.24, 2.45) is 5.92 Å². The van der Waals surface area contributed by atoms with Gasteiger partial charge < -0.3 is 23.0 Å². The van der Waals surface area contributed by atoms with Crippen LogP contribution in [0.25, 0.3) is 0 Å². The van der Waals surface area contributed by atoms with Gasteiger partial charge in [-0.3, -0.25) is 4.79 Å². The summed E-state index contributed by atoms with van der Waals surface area (Å²) >= 11 is 0. The van der Waals surface area contributed by atoms with Crippen molar-refractivity contribution in [3.05, 3.63) is 12.7 Å². The molecule has 1 N–H and O–H groups in total. The molecule has 0 unspecified atom stereocenters. The van der Waals surface area contributed by atoms with Crippen molar-refractivity contribution in [1.82, 2.24) is 5.32 Å². The highest BCUT2D eigenvalue weighted by atomic mass is 28.3. The van der Waals surface area contributed by atoms with Crippen molar-refractivity contribution < 1.29 is 22.5 Å². The fourth-order valence-electron chi connectivity index (χ4n) is 3.84. The lowest BCUT2D eigenvalue weighted by atomic mass is 10.0. The van der Waals surface area contributed by atoms with Gasteiger partial charge in [-0.05, 0) is 64.9 Å².